The van der Waals surface area contributed by atoms with E-state index in [0.29, 0.717) is 40.2 Å². The van der Waals surface area contributed by atoms with Crippen LogP contribution in [-0.4, -0.2) is 22.5 Å². The van der Waals surface area contributed by atoms with Gasteiger partial charge in [0.1, 0.15) is 12.0 Å². The fourth-order valence-electron chi connectivity index (χ4n) is 2.33. The maximum atomic E-state index is 11.7. The van der Waals surface area contributed by atoms with Gasteiger partial charge in [-0.05, 0) is 43.3 Å². The van der Waals surface area contributed by atoms with E-state index in [-0.39, 0.29) is 5.97 Å². The molecule has 3 rings (SSSR count). The molecule has 0 amide bonds. The molecule has 0 aliphatic heterocycles. The summed E-state index contributed by atoms with van der Waals surface area (Å²) in [6.45, 7) is 2.09. The monoisotopic (exact) mass is 383 g/mol. The first-order valence-electron chi connectivity index (χ1n) is 8.24. The maximum absolute atomic E-state index is 11.7. The lowest BCUT2D eigenvalue weighted by molar-refractivity contribution is 0.0526. The van der Waals surface area contributed by atoms with Gasteiger partial charge in [-0.15, -0.1) is 0 Å². The summed E-state index contributed by atoms with van der Waals surface area (Å²) < 4.78 is 4.97. The van der Waals surface area contributed by atoms with Gasteiger partial charge >= 0.3 is 5.97 Å². The Labute approximate surface area is 161 Å². The van der Waals surface area contributed by atoms with Gasteiger partial charge in [-0.3, -0.25) is 0 Å². The van der Waals surface area contributed by atoms with E-state index in [0.717, 1.165) is 5.69 Å². The lowest BCUT2D eigenvalue weighted by atomic mass is 10.2. The number of esters is 1. The Balaban J connectivity index is 1.78. The van der Waals surface area contributed by atoms with E-state index >= 15 is 0 Å². The number of nitrogens with zero attached hydrogens (tertiary/aromatic N) is 2. The van der Waals surface area contributed by atoms with Crippen LogP contribution in [0.2, 0.25) is 5.02 Å². The molecule has 138 valence electrons. The molecule has 8 heteroatoms. The second-order valence-corrected chi connectivity index (χ2v) is 5.92. The summed E-state index contributed by atoms with van der Waals surface area (Å²) in [6, 6.07) is 14.1. The lowest BCUT2D eigenvalue weighted by Crippen LogP contribution is -2.06. The van der Waals surface area contributed by atoms with Gasteiger partial charge in [-0.1, -0.05) is 23.7 Å². The highest BCUT2D eigenvalue weighted by molar-refractivity contribution is 6.33. The molecule has 0 bridgehead atoms. The number of rotatable bonds is 6. The first kappa shape index (κ1) is 18.5. The average Bonchev–Trinajstić information content (AvgIpc) is 2.67. The Morgan fingerprint density at radius 2 is 1.74 bits per heavy atom. The zero-order valence-electron chi connectivity index (χ0n) is 14.6. The molecular weight excluding hydrogens is 366 g/mol. The molecule has 2 aromatic carbocycles. The third-order valence-electron chi connectivity index (χ3n) is 3.67. The van der Waals surface area contributed by atoms with E-state index in [9.17, 15) is 4.79 Å². The number of hydrogen-bond acceptors (Lipinski definition) is 7. The molecule has 0 atom stereocenters. The largest absolute Gasteiger partial charge is 0.462 e. The summed E-state index contributed by atoms with van der Waals surface area (Å²) >= 11 is 6.16. The Hall–Kier alpha value is -3.32. The molecule has 0 aliphatic carbocycles. The van der Waals surface area contributed by atoms with Crippen molar-refractivity contribution in [1.29, 1.82) is 0 Å². The molecule has 0 saturated carbocycles. The number of carbonyl (C=O) groups excluding carboxylic acids is 1. The summed E-state index contributed by atoms with van der Waals surface area (Å²) in [7, 11) is 0. The summed E-state index contributed by atoms with van der Waals surface area (Å²) in [5, 5.41) is 6.76. The minimum absolute atomic E-state index is 0.331. The second-order valence-electron chi connectivity index (χ2n) is 5.51. The van der Waals surface area contributed by atoms with Crippen LogP contribution < -0.4 is 16.4 Å². The molecule has 0 spiro atoms. The highest BCUT2D eigenvalue weighted by atomic mass is 35.5. The molecule has 1 heterocycles. The number of hydrogen-bond donors (Lipinski definition) is 3. The van der Waals surface area contributed by atoms with Crippen LogP contribution in [0.15, 0.2) is 54.9 Å². The van der Waals surface area contributed by atoms with Crippen LogP contribution in [-0.2, 0) is 4.74 Å². The SMILES string of the molecule is CCOC(=O)c1ccc(Nc2ncnc(Nc3ccccc3Cl)c2N)cc1. The normalized spacial score (nSPS) is 10.3. The fraction of sp³-hybridized carbons (Fsp3) is 0.105. The smallest absolute Gasteiger partial charge is 0.338 e. The Morgan fingerprint density at radius 1 is 1.07 bits per heavy atom. The number of para-hydroxylation sites is 1. The Bertz CT molecular complexity index is 947. The summed E-state index contributed by atoms with van der Waals surface area (Å²) in [4.78, 5) is 20.1. The molecule has 27 heavy (non-hydrogen) atoms. The molecule has 1 aromatic heterocycles. The molecule has 0 fully saturated rings. The van der Waals surface area contributed by atoms with Gasteiger partial charge in [0.25, 0.3) is 0 Å². The van der Waals surface area contributed by atoms with Gasteiger partial charge < -0.3 is 21.1 Å². The van der Waals surface area contributed by atoms with E-state index in [4.69, 9.17) is 22.1 Å². The minimum atomic E-state index is -0.364. The Morgan fingerprint density at radius 3 is 2.41 bits per heavy atom. The van der Waals surface area contributed by atoms with E-state index in [1.54, 1.807) is 37.3 Å². The van der Waals surface area contributed by atoms with Gasteiger partial charge in [0, 0.05) is 5.69 Å². The molecule has 0 radical (unpaired) electrons. The zero-order valence-corrected chi connectivity index (χ0v) is 15.3. The van der Waals surface area contributed by atoms with Crippen molar-refractivity contribution in [1.82, 2.24) is 9.97 Å². The number of nitrogens with one attached hydrogen (secondary N) is 2. The van der Waals surface area contributed by atoms with Crippen molar-refractivity contribution in [3.05, 3.63) is 65.4 Å². The number of benzene rings is 2. The molecule has 0 saturated heterocycles. The third kappa shape index (κ3) is 4.45. The number of carbonyl (C=O) groups is 1. The van der Waals surface area contributed by atoms with E-state index < -0.39 is 0 Å². The van der Waals surface area contributed by atoms with E-state index in [2.05, 4.69) is 20.6 Å². The van der Waals surface area contributed by atoms with Crippen molar-refractivity contribution in [2.24, 2.45) is 0 Å². The predicted octanol–water partition coefficient (Wildman–Crippen LogP) is 4.38. The average molecular weight is 384 g/mol. The van der Waals surface area contributed by atoms with Gasteiger partial charge in [-0.2, -0.15) is 0 Å². The predicted molar refractivity (Wildman–Crippen MR) is 107 cm³/mol. The fourth-order valence-corrected chi connectivity index (χ4v) is 2.51. The van der Waals surface area contributed by atoms with Crippen LogP contribution >= 0.6 is 11.6 Å². The van der Waals surface area contributed by atoms with Crippen LogP contribution in [0.3, 0.4) is 0 Å². The van der Waals surface area contributed by atoms with Crippen LogP contribution in [0.4, 0.5) is 28.7 Å². The molecule has 7 nitrogen and oxygen atoms in total. The van der Waals surface area contributed by atoms with E-state index in [1.807, 2.05) is 18.2 Å². The molecule has 0 aliphatic rings. The number of aromatic nitrogens is 2. The number of nitrogen functional groups attached to an aromatic ring is 1. The number of anilines is 5. The second kappa shape index (κ2) is 8.37. The number of ether oxygens (including phenoxy) is 1. The molecular formula is C19H18ClN5O2. The maximum Gasteiger partial charge on any atom is 0.338 e. The lowest BCUT2D eigenvalue weighted by Gasteiger charge is -2.13. The first-order chi connectivity index (χ1) is 13.1. The van der Waals surface area contributed by atoms with Crippen LogP contribution in [0.5, 0.6) is 0 Å². The highest BCUT2D eigenvalue weighted by Gasteiger charge is 2.11. The molecule has 4 N–H and O–H groups in total. The third-order valence-corrected chi connectivity index (χ3v) is 4.00. The van der Waals surface area contributed by atoms with Gasteiger partial charge in [0.05, 0.1) is 22.9 Å². The van der Waals surface area contributed by atoms with Crippen molar-refractivity contribution in [2.75, 3.05) is 23.0 Å². The van der Waals surface area contributed by atoms with Crippen molar-refractivity contribution < 1.29 is 9.53 Å². The summed E-state index contributed by atoms with van der Waals surface area (Å²) in [5.41, 5.74) is 8.40. The van der Waals surface area contributed by atoms with Crippen LogP contribution in [0.1, 0.15) is 17.3 Å². The first-order valence-corrected chi connectivity index (χ1v) is 8.62. The minimum Gasteiger partial charge on any atom is -0.462 e. The van der Waals surface area contributed by atoms with E-state index in [1.165, 1.54) is 6.33 Å². The van der Waals surface area contributed by atoms with Crippen molar-refractivity contribution in [3.8, 4) is 0 Å². The Kier molecular flexibility index (Phi) is 5.73. The zero-order chi connectivity index (χ0) is 19.2. The summed E-state index contributed by atoms with van der Waals surface area (Å²) in [6.07, 6.45) is 1.39. The van der Waals surface area contributed by atoms with Crippen molar-refractivity contribution >= 4 is 46.3 Å². The number of halogens is 1. The topological polar surface area (TPSA) is 102 Å². The molecule has 0 unspecified atom stereocenters. The van der Waals surface area contributed by atoms with Crippen LogP contribution in [0.25, 0.3) is 0 Å². The molecule has 3 aromatic rings. The summed E-state index contributed by atoms with van der Waals surface area (Å²) in [5.74, 6) is 0.504. The van der Waals surface area contributed by atoms with Gasteiger partial charge in [0.15, 0.2) is 11.6 Å². The number of nitrogens with two attached hydrogens (primary N) is 1. The van der Waals surface area contributed by atoms with Gasteiger partial charge in [-0.25, -0.2) is 14.8 Å². The van der Waals surface area contributed by atoms with Crippen molar-refractivity contribution in [3.63, 3.8) is 0 Å². The highest BCUT2D eigenvalue weighted by Crippen LogP contribution is 2.30. The van der Waals surface area contributed by atoms with Gasteiger partial charge in [0.2, 0.25) is 0 Å². The quantitative estimate of drug-likeness (QED) is 0.543. The van der Waals surface area contributed by atoms with Crippen LogP contribution in [0, 0.1) is 0 Å². The van der Waals surface area contributed by atoms with Crippen molar-refractivity contribution in [2.45, 2.75) is 6.92 Å². The standard InChI is InChI=1S/C19H18ClN5O2/c1-2-27-19(26)12-7-9-13(10-8-12)24-17-16(21)18(23-11-22-17)25-15-6-4-3-5-14(15)20/h3-11H,2,21H2,1H3,(H2,22,23,24,25).